The first kappa shape index (κ1) is 7.37. The summed E-state index contributed by atoms with van der Waals surface area (Å²) in [6, 6.07) is 12.0. The smallest absolute Gasteiger partial charge is 0.0744 e. The first-order valence-electron chi connectivity index (χ1n) is 3.71. The second kappa shape index (κ2) is 2.99. The maximum Gasteiger partial charge on any atom is 0.0744 e. The van der Waals surface area contributed by atoms with Gasteiger partial charge < -0.3 is 0 Å². The second-order valence-corrected chi connectivity index (χ2v) is 2.78. The van der Waals surface area contributed by atoms with Crippen molar-refractivity contribution in [3.63, 3.8) is 0 Å². The summed E-state index contributed by atoms with van der Waals surface area (Å²) >= 11 is 4.79. The van der Waals surface area contributed by atoms with E-state index in [-0.39, 0.29) is 0 Å². The molecule has 0 fully saturated rings. The van der Waals surface area contributed by atoms with Crippen molar-refractivity contribution in [2.45, 2.75) is 0 Å². The number of aromatic nitrogens is 1. The molecule has 0 aliphatic heterocycles. The molecule has 2 rings (SSSR count). The van der Waals surface area contributed by atoms with Crippen LogP contribution in [0.5, 0.6) is 0 Å². The molecule has 1 aromatic carbocycles. The number of rotatable bonds is 1. The number of hydrogen-bond donors (Lipinski definition) is 0. The summed E-state index contributed by atoms with van der Waals surface area (Å²) in [5.41, 5.74) is 1.85. The van der Waals surface area contributed by atoms with E-state index in [1.807, 2.05) is 36.4 Å². The first-order valence-corrected chi connectivity index (χ1v) is 4.18. The topological polar surface area (TPSA) is 12.9 Å². The summed E-state index contributed by atoms with van der Waals surface area (Å²) in [7, 11) is 0. The van der Waals surface area contributed by atoms with E-state index in [1.165, 1.54) is 0 Å². The molecule has 0 amide bonds. The van der Waals surface area contributed by atoms with Gasteiger partial charge in [-0.25, -0.2) is 4.98 Å². The fraction of sp³-hybridized carbons (Fsp3) is 0. The van der Waals surface area contributed by atoms with Crippen molar-refractivity contribution in [3.8, 4) is 0 Å². The van der Waals surface area contributed by atoms with Gasteiger partial charge in [0, 0.05) is 10.8 Å². The highest BCUT2D eigenvalue weighted by Gasteiger charge is 1.92. The third-order valence-electron chi connectivity index (χ3n) is 1.74. The lowest BCUT2D eigenvalue weighted by Gasteiger charge is -1.96. The highest BCUT2D eigenvalue weighted by atomic mass is 32.1. The van der Waals surface area contributed by atoms with Gasteiger partial charge >= 0.3 is 0 Å². The standard InChI is InChI=1S/C10H7NS/c12-7-9-6-5-8-3-1-2-4-10(8)11-9/h1-7H. The normalized spacial score (nSPS) is 10.0. The van der Waals surface area contributed by atoms with Gasteiger partial charge in [0.05, 0.1) is 11.2 Å². The van der Waals surface area contributed by atoms with Crippen LogP contribution in [-0.2, 0) is 0 Å². The molecule has 0 radical (unpaired) electrons. The lowest BCUT2D eigenvalue weighted by atomic mass is 10.2. The molecule has 2 heteroatoms. The highest BCUT2D eigenvalue weighted by molar-refractivity contribution is 7.79. The van der Waals surface area contributed by atoms with Crippen molar-refractivity contribution in [2.75, 3.05) is 0 Å². The summed E-state index contributed by atoms with van der Waals surface area (Å²) in [6.45, 7) is 0. The molecule has 0 bridgehead atoms. The summed E-state index contributed by atoms with van der Waals surface area (Å²) in [5.74, 6) is 0. The third kappa shape index (κ3) is 1.21. The van der Waals surface area contributed by atoms with Crippen LogP contribution in [0.3, 0.4) is 0 Å². The van der Waals surface area contributed by atoms with Gasteiger partial charge in [0.15, 0.2) is 0 Å². The Labute approximate surface area is 76.1 Å². The minimum Gasteiger partial charge on any atom is -0.248 e. The van der Waals surface area contributed by atoms with Crippen molar-refractivity contribution >= 4 is 28.5 Å². The highest BCUT2D eigenvalue weighted by Crippen LogP contribution is 2.10. The van der Waals surface area contributed by atoms with Gasteiger partial charge in [-0.3, -0.25) is 0 Å². The number of hydrogen-bond acceptors (Lipinski definition) is 2. The average Bonchev–Trinajstić information content (AvgIpc) is 2.17. The number of thiocarbonyl (C=S) groups is 1. The van der Waals surface area contributed by atoms with Crippen molar-refractivity contribution < 1.29 is 0 Å². The summed E-state index contributed by atoms with van der Waals surface area (Å²) in [5, 5.41) is 2.74. The van der Waals surface area contributed by atoms with E-state index in [2.05, 4.69) is 4.98 Å². The molecular weight excluding hydrogens is 166 g/mol. The fourth-order valence-electron chi connectivity index (χ4n) is 1.15. The van der Waals surface area contributed by atoms with Gasteiger partial charge in [0.25, 0.3) is 0 Å². The van der Waals surface area contributed by atoms with Crippen LogP contribution < -0.4 is 0 Å². The van der Waals surface area contributed by atoms with Crippen LogP contribution in [0.2, 0.25) is 0 Å². The van der Waals surface area contributed by atoms with Gasteiger partial charge in [-0.15, -0.1) is 0 Å². The molecule has 0 aliphatic rings. The molecule has 1 heterocycles. The summed E-state index contributed by atoms with van der Waals surface area (Å²) in [4.78, 5) is 4.33. The quantitative estimate of drug-likeness (QED) is 0.615. The van der Waals surface area contributed by atoms with E-state index in [0.29, 0.717) is 0 Å². The minimum atomic E-state index is 0.851. The Morgan fingerprint density at radius 1 is 1.08 bits per heavy atom. The molecule has 0 saturated heterocycles. The number of fused-ring (bicyclic) bond motifs is 1. The molecule has 0 saturated carbocycles. The van der Waals surface area contributed by atoms with Crippen molar-refractivity contribution in [1.29, 1.82) is 0 Å². The van der Waals surface area contributed by atoms with Crippen LogP contribution in [0.1, 0.15) is 5.69 Å². The molecule has 0 aliphatic carbocycles. The number of benzene rings is 1. The Hall–Kier alpha value is -1.28. The van der Waals surface area contributed by atoms with Gasteiger partial charge in [0.2, 0.25) is 0 Å². The molecule has 0 spiro atoms. The Balaban J connectivity index is 2.75. The van der Waals surface area contributed by atoms with Gasteiger partial charge in [-0.2, -0.15) is 0 Å². The fourth-order valence-corrected chi connectivity index (χ4v) is 1.28. The zero-order valence-corrected chi connectivity index (χ0v) is 7.21. The molecule has 58 valence electrons. The van der Waals surface area contributed by atoms with Gasteiger partial charge in [0.1, 0.15) is 0 Å². The number of pyridine rings is 1. The molecule has 0 atom stereocenters. The van der Waals surface area contributed by atoms with E-state index in [4.69, 9.17) is 12.2 Å². The van der Waals surface area contributed by atoms with Gasteiger partial charge in [-0.05, 0) is 12.1 Å². The van der Waals surface area contributed by atoms with Crippen molar-refractivity contribution in [3.05, 3.63) is 42.1 Å². The largest absolute Gasteiger partial charge is 0.248 e. The van der Waals surface area contributed by atoms with E-state index in [9.17, 15) is 0 Å². The zero-order chi connectivity index (χ0) is 8.39. The van der Waals surface area contributed by atoms with E-state index in [1.54, 1.807) is 5.37 Å². The van der Waals surface area contributed by atoms with E-state index in [0.717, 1.165) is 16.6 Å². The van der Waals surface area contributed by atoms with E-state index >= 15 is 0 Å². The maximum absolute atomic E-state index is 4.79. The number of para-hydroxylation sites is 1. The van der Waals surface area contributed by atoms with E-state index < -0.39 is 0 Å². The second-order valence-electron chi connectivity index (χ2n) is 2.55. The van der Waals surface area contributed by atoms with Crippen LogP contribution in [-0.4, -0.2) is 10.4 Å². The average molecular weight is 173 g/mol. The number of nitrogens with zero attached hydrogens (tertiary/aromatic N) is 1. The Kier molecular flexibility index (Phi) is 1.84. The van der Waals surface area contributed by atoms with Crippen LogP contribution in [0, 0.1) is 0 Å². The predicted octanol–water partition coefficient (Wildman–Crippen LogP) is 2.58. The first-order chi connectivity index (χ1) is 5.90. The third-order valence-corrected chi connectivity index (χ3v) is 1.98. The predicted molar refractivity (Wildman–Crippen MR) is 54.5 cm³/mol. The van der Waals surface area contributed by atoms with Crippen molar-refractivity contribution in [1.82, 2.24) is 4.98 Å². The molecule has 2 aromatic rings. The molecule has 1 aromatic heterocycles. The SMILES string of the molecule is S=Cc1ccc2ccccc2n1. The van der Waals surface area contributed by atoms with Crippen LogP contribution in [0.4, 0.5) is 0 Å². The van der Waals surface area contributed by atoms with Crippen molar-refractivity contribution in [2.24, 2.45) is 0 Å². The lowest BCUT2D eigenvalue weighted by molar-refractivity contribution is 1.39. The lowest BCUT2D eigenvalue weighted by Crippen LogP contribution is -1.85. The Bertz CT molecular complexity index is 423. The minimum absolute atomic E-state index is 0.851. The summed E-state index contributed by atoms with van der Waals surface area (Å²) < 4.78 is 0. The van der Waals surface area contributed by atoms with Crippen LogP contribution in [0.15, 0.2) is 36.4 Å². The molecule has 12 heavy (non-hydrogen) atoms. The maximum atomic E-state index is 4.79. The summed E-state index contributed by atoms with van der Waals surface area (Å²) in [6.07, 6.45) is 0. The molecular formula is C10H7NS. The molecule has 0 unspecified atom stereocenters. The van der Waals surface area contributed by atoms with Crippen LogP contribution >= 0.6 is 12.2 Å². The zero-order valence-electron chi connectivity index (χ0n) is 6.40. The monoisotopic (exact) mass is 173 g/mol. The Morgan fingerprint density at radius 2 is 1.92 bits per heavy atom. The Morgan fingerprint density at radius 3 is 2.75 bits per heavy atom. The van der Waals surface area contributed by atoms with Gasteiger partial charge in [-0.1, -0.05) is 36.5 Å². The molecule has 1 nitrogen and oxygen atoms in total. The molecule has 0 N–H and O–H groups in total. The van der Waals surface area contributed by atoms with Crippen LogP contribution in [0.25, 0.3) is 10.9 Å².